The standard InChI is InChI=1S/C20H20F2N2O2/c1-12(2)13-3-5-14(6-4-13)23-18(25)20(9-10-20)19(26)24-15-7-8-16(21)17(22)11-15/h3-8,11-12H,9-10H2,1-2H3,(H,23,25)(H,24,26). The van der Waals surface area contributed by atoms with Crippen LogP contribution in [0.2, 0.25) is 0 Å². The molecule has 3 rings (SSSR count). The summed E-state index contributed by atoms with van der Waals surface area (Å²) in [6.07, 6.45) is 0.830. The van der Waals surface area contributed by atoms with Gasteiger partial charge in [0.25, 0.3) is 0 Å². The van der Waals surface area contributed by atoms with Crippen LogP contribution in [-0.4, -0.2) is 11.8 Å². The lowest BCUT2D eigenvalue weighted by atomic mass is 10.0. The number of halogens is 2. The number of carbonyl (C=O) groups excluding carboxylic acids is 2. The molecule has 2 amide bonds. The number of hydrogen-bond acceptors (Lipinski definition) is 2. The fourth-order valence-corrected chi connectivity index (χ4v) is 2.71. The highest BCUT2D eigenvalue weighted by atomic mass is 19.2. The van der Waals surface area contributed by atoms with Crippen LogP contribution in [0.25, 0.3) is 0 Å². The van der Waals surface area contributed by atoms with Crippen LogP contribution >= 0.6 is 0 Å². The van der Waals surface area contributed by atoms with Crippen LogP contribution in [0, 0.1) is 17.0 Å². The third-order valence-electron chi connectivity index (χ3n) is 4.63. The van der Waals surface area contributed by atoms with Crippen molar-refractivity contribution in [2.24, 2.45) is 5.41 Å². The Bertz CT molecular complexity index is 843. The molecule has 0 aromatic heterocycles. The summed E-state index contributed by atoms with van der Waals surface area (Å²) >= 11 is 0. The van der Waals surface area contributed by atoms with Gasteiger partial charge in [-0.05, 0) is 48.6 Å². The maximum atomic E-state index is 13.3. The van der Waals surface area contributed by atoms with Gasteiger partial charge in [-0.2, -0.15) is 0 Å². The average Bonchev–Trinajstić information content (AvgIpc) is 3.40. The molecule has 0 aliphatic heterocycles. The van der Waals surface area contributed by atoms with Gasteiger partial charge in [0, 0.05) is 17.4 Å². The van der Waals surface area contributed by atoms with Crippen molar-refractivity contribution in [3.05, 3.63) is 59.7 Å². The summed E-state index contributed by atoms with van der Waals surface area (Å²) in [6, 6.07) is 10.6. The van der Waals surface area contributed by atoms with E-state index in [4.69, 9.17) is 0 Å². The molecule has 1 aliphatic carbocycles. The second-order valence-electron chi connectivity index (χ2n) is 6.90. The lowest BCUT2D eigenvalue weighted by molar-refractivity contribution is -0.131. The fraction of sp³-hybridized carbons (Fsp3) is 0.300. The molecule has 0 saturated heterocycles. The van der Waals surface area contributed by atoms with E-state index in [1.54, 1.807) is 12.1 Å². The lowest BCUT2D eigenvalue weighted by Crippen LogP contribution is -2.35. The van der Waals surface area contributed by atoms with Gasteiger partial charge in [-0.15, -0.1) is 0 Å². The first-order chi connectivity index (χ1) is 12.3. The molecular formula is C20H20F2N2O2. The Morgan fingerprint density at radius 1 is 0.885 bits per heavy atom. The summed E-state index contributed by atoms with van der Waals surface area (Å²) in [5.41, 5.74) is 0.725. The highest BCUT2D eigenvalue weighted by molar-refractivity contribution is 6.16. The Morgan fingerprint density at radius 2 is 1.42 bits per heavy atom. The molecule has 2 aromatic carbocycles. The number of rotatable bonds is 5. The molecule has 1 fully saturated rings. The molecule has 0 heterocycles. The van der Waals surface area contributed by atoms with Gasteiger partial charge in [0.05, 0.1) is 0 Å². The van der Waals surface area contributed by atoms with Crippen LogP contribution in [0.4, 0.5) is 20.2 Å². The van der Waals surface area contributed by atoms with Crippen molar-refractivity contribution < 1.29 is 18.4 Å². The Balaban J connectivity index is 1.68. The summed E-state index contributed by atoms with van der Waals surface area (Å²) in [7, 11) is 0. The minimum Gasteiger partial charge on any atom is -0.325 e. The third-order valence-corrected chi connectivity index (χ3v) is 4.63. The van der Waals surface area contributed by atoms with Gasteiger partial charge in [0.15, 0.2) is 11.6 Å². The molecule has 4 nitrogen and oxygen atoms in total. The van der Waals surface area contributed by atoms with Crippen molar-refractivity contribution in [2.45, 2.75) is 32.6 Å². The highest BCUT2D eigenvalue weighted by Crippen LogP contribution is 2.47. The first-order valence-electron chi connectivity index (χ1n) is 8.50. The first-order valence-corrected chi connectivity index (χ1v) is 8.50. The molecule has 0 radical (unpaired) electrons. The molecule has 0 spiro atoms. The Labute approximate surface area is 150 Å². The quantitative estimate of drug-likeness (QED) is 0.776. The molecule has 2 N–H and O–H groups in total. The van der Waals surface area contributed by atoms with Crippen LogP contribution in [-0.2, 0) is 9.59 Å². The van der Waals surface area contributed by atoms with Crippen LogP contribution < -0.4 is 10.6 Å². The van der Waals surface area contributed by atoms with Gasteiger partial charge in [-0.1, -0.05) is 26.0 Å². The third kappa shape index (κ3) is 3.59. The second kappa shape index (κ2) is 6.86. The van der Waals surface area contributed by atoms with Crippen LogP contribution in [0.15, 0.2) is 42.5 Å². The van der Waals surface area contributed by atoms with E-state index < -0.39 is 28.9 Å². The molecule has 0 atom stereocenters. The van der Waals surface area contributed by atoms with Crippen molar-refractivity contribution in [1.82, 2.24) is 0 Å². The second-order valence-corrected chi connectivity index (χ2v) is 6.90. The summed E-state index contributed by atoms with van der Waals surface area (Å²) in [5, 5.41) is 5.26. The van der Waals surface area contributed by atoms with E-state index in [1.165, 1.54) is 6.07 Å². The van der Waals surface area contributed by atoms with Crippen molar-refractivity contribution in [3.63, 3.8) is 0 Å². The van der Waals surface area contributed by atoms with Gasteiger partial charge in [-0.3, -0.25) is 9.59 Å². The maximum Gasteiger partial charge on any atom is 0.240 e. The van der Waals surface area contributed by atoms with Crippen molar-refractivity contribution >= 4 is 23.2 Å². The van der Waals surface area contributed by atoms with Gasteiger partial charge >= 0.3 is 0 Å². The summed E-state index contributed by atoms with van der Waals surface area (Å²) in [5.74, 6) is -2.57. The van der Waals surface area contributed by atoms with Crippen molar-refractivity contribution in [1.29, 1.82) is 0 Å². The topological polar surface area (TPSA) is 58.2 Å². The van der Waals surface area contributed by atoms with E-state index in [9.17, 15) is 18.4 Å². The van der Waals surface area contributed by atoms with Crippen LogP contribution in [0.5, 0.6) is 0 Å². The largest absolute Gasteiger partial charge is 0.325 e. The summed E-state index contributed by atoms with van der Waals surface area (Å²) in [4.78, 5) is 25.0. The van der Waals surface area contributed by atoms with E-state index in [0.717, 1.165) is 17.7 Å². The molecule has 6 heteroatoms. The summed E-state index contributed by atoms with van der Waals surface area (Å²) < 4.78 is 26.3. The number of benzene rings is 2. The molecule has 0 unspecified atom stereocenters. The lowest BCUT2D eigenvalue weighted by Gasteiger charge is -2.16. The minimum absolute atomic E-state index is 0.120. The van der Waals surface area contributed by atoms with Gasteiger partial charge in [0.2, 0.25) is 11.8 Å². The number of nitrogens with one attached hydrogen (secondary N) is 2. The van der Waals surface area contributed by atoms with Gasteiger partial charge < -0.3 is 10.6 Å². The minimum atomic E-state index is -1.17. The van der Waals surface area contributed by atoms with E-state index in [0.29, 0.717) is 24.4 Å². The molecule has 2 aromatic rings. The van der Waals surface area contributed by atoms with Gasteiger partial charge in [-0.25, -0.2) is 8.78 Å². The van der Waals surface area contributed by atoms with E-state index >= 15 is 0 Å². The predicted molar refractivity (Wildman–Crippen MR) is 95.8 cm³/mol. The first kappa shape index (κ1) is 18.0. The molecule has 1 saturated carbocycles. The van der Waals surface area contributed by atoms with E-state index in [1.807, 2.05) is 12.1 Å². The zero-order chi connectivity index (χ0) is 18.9. The summed E-state index contributed by atoms with van der Waals surface area (Å²) in [6.45, 7) is 4.16. The molecular weight excluding hydrogens is 338 g/mol. The van der Waals surface area contributed by atoms with Crippen molar-refractivity contribution in [2.75, 3.05) is 10.6 Å². The molecule has 1 aliphatic rings. The smallest absolute Gasteiger partial charge is 0.240 e. The number of amides is 2. The number of hydrogen-bond donors (Lipinski definition) is 2. The fourth-order valence-electron chi connectivity index (χ4n) is 2.71. The van der Waals surface area contributed by atoms with Crippen molar-refractivity contribution in [3.8, 4) is 0 Å². The predicted octanol–water partition coefficient (Wildman–Crippen LogP) is 4.45. The zero-order valence-corrected chi connectivity index (χ0v) is 14.6. The van der Waals surface area contributed by atoms with Crippen LogP contribution in [0.3, 0.4) is 0 Å². The highest BCUT2D eigenvalue weighted by Gasteiger charge is 2.56. The normalized spacial score (nSPS) is 14.8. The zero-order valence-electron chi connectivity index (χ0n) is 14.6. The van der Waals surface area contributed by atoms with Crippen LogP contribution in [0.1, 0.15) is 38.2 Å². The van der Waals surface area contributed by atoms with E-state index in [2.05, 4.69) is 24.5 Å². The monoisotopic (exact) mass is 358 g/mol. The molecule has 0 bridgehead atoms. The Kier molecular flexibility index (Phi) is 4.76. The number of carbonyl (C=O) groups is 2. The SMILES string of the molecule is CC(C)c1ccc(NC(=O)C2(C(=O)Nc3ccc(F)c(F)c3)CC2)cc1. The number of anilines is 2. The maximum absolute atomic E-state index is 13.3. The van der Waals surface area contributed by atoms with Gasteiger partial charge in [0.1, 0.15) is 5.41 Å². The van der Waals surface area contributed by atoms with E-state index in [-0.39, 0.29) is 5.69 Å². The average molecular weight is 358 g/mol. The Hall–Kier alpha value is -2.76. The Morgan fingerprint density at radius 3 is 1.92 bits per heavy atom. The molecule has 26 heavy (non-hydrogen) atoms. The molecule has 136 valence electrons.